The molecular weight excluding hydrogens is 315 g/mol. The molecule has 7 heteroatoms. The Kier molecular flexibility index (Phi) is 3.69. The minimum atomic E-state index is -2.94. The molecule has 0 radical (unpaired) electrons. The summed E-state index contributed by atoms with van der Waals surface area (Å²) in [4.78, 5) is 4.48. The van der Waals surface area contributed by atoms with Gasteiger partial charge in [-0.2, -0.15) is 0 Å². The molecule has 1 aromatic heterocycles. The zero-order valence-corrected chi connectivity index (χ0v) is 13.2. The standard InChI is InChI=1S/C14H16ClFN2O2S/c1-9(15)14-17-12-3-2-10(16)8-13(12)18(14)11-4-6-21(19,20)7-5-11/h2-3,8-9,11H,4-7H2,1H3. The molecule has 1 unspecified atom stereocenters. The van der Waals surface area contributed by atoms with Gasteiger partial charge in [-0.05, 0) is 38.0 Å². The number of aromatic nitrogens is 2. The topological polar surface area (TPSA) is 52.0 Å². The van der Waals surface area contributed by atoms with Crippen molar-refractivity contribution in [3.63, 3.8) is 0 Å². The molecule has 21 heavy (non-hydrogen) atoms. The molecule has 2 heterocycles. The molecule has 0 N–H and O–H groups in total. The second kappa shape index (κ2) is 5.25. The molecule has 1 aliphatic heterocycles. The molecule has 2 aromatic rings. The third-order valence-electron chi connectivity index (χ3n) is 3.92. The average molecular weight is 331 g/mol. The highest BCUT2D eigenvalue weighted by atomic mass is 35.5. The number of alkyl halides is 1. The molecule has 1 atom stereocenters. The fraction of sp³-hybridized carbons (Fsp3) is 0.500. The maximum absolute atomic E-state index is 13.5. The Morgan fingerprint density at radius 2 is 2.05 bits per heavy atom. The lowest BCUT2D eigenvalue weighted by Crippen LogP contribution is -2.26. The first kappa shape index (κ1) is 14.8. The van der Waals surface area contributed by atoms with Crippen LogP contribution in [0.1, 0.15) is 37.0 Å². The van der Waals surface area contributed by atoms with Crippen molar-refractivity contribution < 1.29 is 12.8 Å². The number of imidazole rings is 1. The normalized spacial score (nSPS) is 20.7. The van der Waals surface area contributed by atoms with Gasteiger partial charge >= 0.3 is 0 Å². The third kappa shape index (κ3) is 2.79. The number of halogens is 2. The fourth-order valence-corrected chi connectivity index (χ4v) is 4.51. The van der Waals surface area contributed by atoms with Crippen molar-refractivity contribution in [2.45, 2.75) is 31.2 Å². The maximum atomic E-state index is 13.5. The van der Waals surface area contributed by atoms with Crippen molar-refractivity contribution in [1.82, 2.24) is 9.55 Å². The first-order valence-corrected chi connectivity index (χ1v) is 9.15. The molecule has 114 valence electrons. The van der Waals surface area contributed by atoms with Crippen molar-refractivity contribution in [2.75, 3.05) is 11.5 Å². The van der Waals surface area contributed by atoms with Gasteiger partial charge in [-0.25, -0.2) is 17.8 Å². The first-order valence-electron chi connectivity index (χ1n) is 6.89. The number of benzene rings is 1. The van der Waals surface area contributed by atoms with E-state index >= 15 is 0 Å². The van der Waals surface area contributed by atoms with E-state index < -0.39 is 9.84 Å². The number of fused-ring (bicyclic) bond motifs is 1. The molecule has 0 saturated carbocycles. The Morgan fingerprint density at radius 3 is 2.67 bits per heavy atom. The van der Waals surface area contributed by atoms with E-state index in [0.717, 1.165) is 0 Å². The lowest BCUT2D eigenvalue weighted by molar-refractivity contribution is 0.445. The zero-order valence-electron chi connectivity index (χ0n) is 11.6. The third-order valence-corrected chi connectivity index (χ3v) is 5.83. The van der Waals surface area contributed by atoms with Gasteiger partial charge in [-0.15, -0.1) is 11.6 Å². The Balaban J connectivity index is 2.11. The van der Waals surface area contributed by atoms with Gasteiger partial charge in [0.2, 0.25) is 0 Å². The maximum Gasteiger partial charge on any atom is 0.150 e. The van der Waals surface area contributed by atoms with Gasteiger partial charge in [-0.1, -0.05) is 0 Å². The molecule has 0 aliphatic carbocycles. The molecule has 3 rings (SSSR count). The van der Waals surface area contributed by atoms with Crippen LogP contribution in [0.25, 0.3) is 11.0 Å². The van der Waals surface area contributed by atoms with Gasteiger partial charge in [0.1, 0.15) is 21.5 Å². The van der Waals surface area contributed by atoms with Crippen LogP contribution in [0, 0.1) is 5.82 Å². The molecule has 0 amide bonds. The Morgan fingerprint density at radius 1 is 1.38 bits per heavy atom. The minimum absolute atomic E-state index is 0.00322. The van der Waals surface area contributed by atoms with Crippen LogP contribution in [0.4, 0.5) is 4.39 Å². The van der Waals surface area contributed by atoms with Crippen LogP contribution in [0.3, 0.4) is 0 Å². The van der Waals surface area contributed by atoms with E-state index in [2.05, 4.69) is 4.98 Å². The summed E-state index contributed by atoms with van der Waals surface area (Å²) in [5.74, 6) is 0.647. The van der Waals surface area contributed by atoms with E-state index in [1.54, 1.807) is 6.07 Å². The summed E-state index contributed by atoms with van der Waals surface area (Å²) in [6.45, 7) is 1.81. The van der Waals surface area contributed by atoms with Crippen LogP contribution < -0.4 is 0 Å². The molecule has 1 saturated heterocycles. The Hall–Kier alpha value is -1.14. The highest BCUT2D eigenvalue weighted by Gasteiger charge is 2.28. The summed E-state index contributed by atoms with van der Waals surface area (Å²) < 4.78 is 38.7. The van der Waals surface area contributed by atoms with Crippen LogP contribution >= 0.6 is 11.6 Å². The number of sulfone groups is 1. The van der Waals surface area contributed by atoms with Gasteiger partial charge in [0.15, 0.2) is 0 Å². The highest BCUT2D eigenvalue weighted by molar-refractivity contribution is 7.91. The summed E-state index contributed by atoms with van der Waals surface area (Å²) in [6, 6.07) is 4.43. The molecule has 1 aromatic carbocycles. The lowest BCUT2D eigenvalue weighted by atomic mass is 10.1. The van der Waals surface area contributed by atoms with Crippen LogP contribution in [0.2, 0.25) is 0 Å². The van der Waals surface area contributed by atoms with E-state index in [1.807, 2.05) is 11.5 Å². The molecule has 1 fully saturated rings. The van der Waals surface area contributed by atoms with Crippen LogP contribution in [0.15, 0.2) is 18.2 Å². The molecule has 0 bridgehead atoms. The summed E-state index contributed by atoms with van der Waals surface area (Å²) in [5.41, 5.74) is 1.37. The van der Waals surface area contributed by atoms with Gasteiger partial charge in [0, 0.05) is 6.04 Å². The Bertz CT molecular complexity index is 772. The number of hydrogen-bond acceptors (Lipinski definition) is 3. The SMILES string of the molecule is CC(Cl)c1nc2ccc(F)cc2n1C1CCS(=O)(=O)CC1. The minimum Gasteiger partial charge on any atom is -0.323 e. The summed E-state index contributed by atoms with van der Waals surface area (Å²) in [6.07, 6.45) is 1.03. The predicted molar refractivity (Wildman–Crippen MR) is 80.9 cm³/mol. The second-order valence-corrected chi connectivity index (χ2v) is 8.43. The second-order valence-electron chi connectivity index (χ2n) is 5.47. The lowest BCUT2D eigenvalue weighted by Gasteiger charge is -2.26. The van der Waals surface area contributed by atoms with E-state index in [1.165, 1.54) is 12.1 Å². The van der Waals surface area contributed by atoms with Gasteiger partial charge in [-0.3, -0.25) is 0 Å². The van der Waals surface area contributed by atoms with E-state index in [0.29, 0.717) is 29.7 Å². The average Bonchev–Trinajstić information content (AvgIpc) is 2.78. The van der Waals surface area contributed by atoms with Crippen molar-refractivity contribution in [2.24, 2.45) is 0 Å². The van der Waals surface area contributed by atoms with Gasteiger partial charge in [0.25, 0.3) is 0 Å². The summed E-state index contributed by atoms with van der Waals surface area (Å²) in [7, 11) is -2.94. The van der Waals surface area contributed by atoms with Crippen LogP contribution in [0.5, 0.6) is 0 Å². The largest absolute Gasteiger partial charge is 0.323 e. The van der Waals surface area contributed by atoms with Gasteiger partial charge in [0.05, 0.1) is 27.9 Å². The van der Waals surface area contributed by atoms with Crippen LogP contribution in [-0.2, 0) is 9.84 Å². The summed E-state index contributed by atoms with van der Waals surface area (Å²) >= 11 is 6.20. The van der Waals surface area contributed by atoms with E-state index in [4.69, 9.17) is 11.6 Å². The number of rotatable bonds is 2. The zero-order chi connectivity index (χ0) is 15.2. The van der Waals surface area contributed by atoms with Crippen molar-refractivity contribution in [3.05, 3.63) is 29.8 Å². The fourth-order valence-electron chi connectivity index (χ4n) is 2.88. The monoisotopic (exact) mass is 330 g/mol. The predicted octanol–water partition coefficient (Wildman–Crippen LogP) is 3.22. The van der Waals surface area contributed by atoms with Gasteiger partial charge < -0.3 is 4.57 Å². The molecular formula is C14H16ClFN2O2S. The van der Waals surface area contributed by atoms with Crippen molar-refractivity contribution in [1.29, 1.82) is 0 Å². The first-order chi connectivity index (χ1) is 9.87. The molecule has 1 aliphatic rings. The molecule has 0 spiro atoms. The number of nitrogens with zero attached hydrogens (tertiary/aromatic N) is 2. The van der Waals surface area contributed by atoms with Crippen LogP contribution in [-0.4, -0.2) is 29.5 Å². The molecule has 4 nitrogen and oxygen atoms in total. The number of hydrogen-bond donors (Lipinski definition) is 0. The summed E-state index contributed by atoms with van der Waals surface area (Å²) in [5, 5.41) is -0.320. The van der Waals surface area contributed by atoms with Crippen molar-refractivity contribution >= 4 is 32.5 Å². The quantitative estimate of drug-likeness (QED) is 0.794. The van der Waals surface area contributed by atoms with Crippen molar-refractivity contribution in [3.8, 4) is 0 Å². The Labute approximate surface area is 127 Å². The van der Waals surface area contributed by atoms with E-state index in [-0.39, 0.29) is 28.7 Å². The smallest absolute Gasteiger partial charge is 0.150 e. The highest BCUT2D eigenvalue weighted by Crippen LogP contribution is 2.33. The van der Waals surface area contributed by atoms with E-state index in [9.17, 15) is 12.8 Å².